The number of nitrogens with zero attached hydrogens (tertiary/aromatic N) is 2. The van der Waals surface area contributed by atoms with Crippen LogP contribution in [0.3, 0.4) is 0 Å². The molecule has 0 unspecified atom stereocenters. The van der Waals surface area contributed by atoms with Crippen LogP contribution in [0.2, 0.25) is 15.1 Å². The smallest absolute Gasteiger partial charge is 0.266 e. The number of hydrogen-bond acceptors (Lipinski definition) is 1. The molecule has 3 aromatic rings. The van der Waals surface area contributed by atoms with E-state index >= 15 is 0 Å². The number of nitrogens with one attached hydrogen (secondary N) is 1. The van der Waals surface area contributed by atoms with Gasteiger partial charge in [-0.2, -0.15) is 0 Å². The highest BCUT2D eigenvalue weighted by atomic mass is 35.5. The van der Waals surface area contributed by atoms with Gasteiger partial charge in [0.15, 0.2) is 12.2 Å². The Kier molecular flexibility index (Phi) is 5.13. The Morgan fingerprint density at radius 2 is 1.96 bits per heavy atom. The normalized spacial score (nSPS) is 12.9. The van der Waals surface area contributed by atoms with Gasteiger partial charge in [-0.25, -0.2) is 9.13 Å². The van der Waals surface area contributed by atoms with Gasteiger partial charge in [0.25, 0.3) is 11.7 Å². The largest absolute Gasteiger partial charge is 0.323 e. The van der Waals surface area contributed by atoms with Crippen molar-refractivity contribution in [3.63, 3.8) is 0 Å². The zero-order valence-corrected chi connectivity index (χ0v) is 16.7. The molecule has 1 aromatic heterocycles. The summed E-state index contributed by atoms with van der Waals surface area (Å²) in [7, 11) is 0. The topological polar surface area (TPSA) is 37.9 Å². The van der Waals surface area contributed by atoms with Gasteiger partial charge in [0, 0.05) is 16.3 Å². The third-order valence-corrected chi connectivity index (χ3v) is 5.61. The van der Waals surface area contributed by atoms with Gasteiger partial charge in [0.05, 0.1) is 23.0 Å². The predicted octanol–water partition coefficient (Wildman–Crippen LogP) is 4.99. The molecule has 0 aliphatic carbocycles. The molecular formula is C20H17Cl3N3O+. The molecule has 0 fully saturated rings. The number of fused-ring (bicyclic) bond motifs is 1. The van der Waals surface area contributed by atoms with Gasteiger partial charge in [-0.1, -0.05) is 40.9 Å². The molecule has 1 amide bonds. The zero-order chi connectivity index (χ0) is 19.0. The molecule has 2 aromatic carbocycles. The summed E-state index contributed by atoms with van der Waals surface area (Å²) < 4.78 is 4.25. The number of carbonyl (C=O) groups is 1. The van der Waals surface area contributed by atoms with Crippen molar-refractivity contribution in [3.8, 4) is 11.3 Å². The molecular weight excluding hydrogens is 405 g/mol. The molecule has 0 saturated heterocycles. The fourth-order valence-electron chi connectivity index (χ4n) is 3.45. The highest BCUT2D eigenvalue weighted by Gasteiger charge is 2.29. The van der Waals surface area contributed by atoms with Gasteiger partial charge in [-0.05, 0) is 42.8 Å². The summed E-state index contributed by atoms with van der Waals surface area (Å²) in [5.74, 6) is 1.04. The maximum Gasteiger partial charge on any atom is 0.266 e. The highest BCUT2D eigenvalue weighted by molar-refractivity contribution is 6.42. The fourth-order valence-corrected chi connectivity index (χ4v) is 3.94. The number of hydrogen-bond donors (Lipinski definition) is 1. The van der Waals surface area contributed by atoms with Gasteiger partial charge >= 0.3 is 0 Å². The van der Waals surface area contributed by atoms with Crippen molar-refractivity contribution >= 4 is 46.4 Å². The number of carbonyl (C=O) groups excluding carboxylic acids is 1. The number of benzene rings is 2. The summed E-state index contributed by atoms with van der Waals surface area (Å²) in [4.78, 5) is 12.5. The van der Waals surface area contributed by atoms with Crippen LogP contribution in [0, 0.1) is 0 Å². The lowest BCUT2D eigenvalue weighted by Gasteiger charge is -2.04. The number of amides is 1. The lowest BCUT2D eigenvalue weighted by molar-refractivity contribution is -0.690. The molecule has 0 spiro atoms. The third-order valence-electron chi connectivity index (χ3n) is 4.63. The summed E-state index contributed by atoms with van der Waals surface area (Å²) in [6.07, 6.45) is 4.00. The van der Waals surface area contributed by atoms with Crippen LogP contribution in [-0.4, -0.2) is 10.5 Å². The summed E-state index contributed by atoms with van der Waals surface area (Å²) >= 11 is 18.2. The molecule has 1 aliphatic rings. The van der Waals surface area contributed by atoms with Crippen molar-refractivity contribution in [2.24, 2.45) is 0 Å². The molecule has 1 N–H and O–H groups in total. The van der Waals surface area contributed by atoms with Crippen molar-refractivity contribution in [2.45, 2.75) is 25.9 Å². The Morgan fingerprint density at radius 3 is 2.74 bits per heavy atom. The summed E-state index contributed by atoms with van der Waals surface area (Å²) in [6, 6.07) is 12.7. The third kappa shape index (κ3) is 3.84. The number of anilines is 1. The van der Waals surface area contributed by atoms with E-state index in [0.717, 1.165) is 36.5 Å². The van der Waals surface area contributed by atoms with E-state index in [1.807, 2.05) is 35.0 Å². The molecule has 4 nitrogen and oxygen atoms in total. The maximum atomic E-state index is 12.5. The molecule has 138 valence electrons. The monoisotopic (exact) mass is 420 g/mol. The van der Waals surface area contributed by atoms with Crippen molar-refractivity contribution in [1.29, 1.82) is 0 Å². The number of aromatic nitrogens is 2. The van der Waals surface area contributed by atoms with E-state index in [4.69, 9.17) is 34.8 Å². The molecule has 2 heterocycles. The highest BCUT2D eigenvalue weighted by Crippen LogP contribution is 2.30. The second-order valence-corrected chi connectivity index (χ2v) is 7.75. The van der Waals surface area contributed by atoms with Gasteiger partial charge < -0.3 is 5.32 Å². The molecule has 7 heteroatoms. The molecule has 1 aliphatic heterocycles. The lowest BCUT2D eigenvalue weighted by atomic mass is 10.1. The molecule has 27 heavy (non-hydrogen) atoms. The minimum Gasteiger partial charge on any atom is -0.323 e. The summed E-state index contributed by atoms with van der Waals surface area (Å²) in [5, 5.41) is 4.54. The second kappa shape index (κ2) is 7.55. The first-order valence-corrected chi connectivity index (χ1v) is 9.77. The van der Waals surface area contributed by atoms with Crippen LogP contribution in [0.1, 0.15) is 12.2 Å². The standard InChI is InChI=1S/C20H16Cl3N3O/c21-14-3-1-4-15(10-14)24-19(27)12-25-11-18(26-8-2-5-20(25)26)13-6-7-16(22)17(23)9-13/h1,3-4,6-7,9-11H,2,5,8,12H2/p+1. The molecule has 0 saturated carbocycles. The Hall–Kier alpha value is -2.01. The first kappa shape index (κ1) is 18.4. The quantitative estimate of drug-likeness (QED) is 0.592. The Labute approximate surface area is 172 Å². The van der Waals surface area contributed by atoms with Crippen LogP contribution >= 0.6 is 34.8 Å². The van der Waals surface area contributed by atoms with Gasteiger partial charge in [-0.15, -0.1) is 0 Å². The molecule has 0 atom stereocenters. The van der Waals surface area contributed by atoms with Crippen LogP contribution in [0.25, 0.3) is 11.3 Å². The van der Waals surface area contributed by atoms with E-state index in [0.29, 0.717) is 20.8 Å². The van der Waals surface area contributed by atoms with Crippen molar-refractivity contribution < 1.29 is 9.36 Å². The van der Waals surface area contributed by atoms with E-state index in [1.165, 1.54) is 0 Å². The van der Waals surface area contributed by atoms with E-state index in [9.17, 15) is 4.79 Å². The predicted molar refractivity (Wildman–Crippen MR) is 108 cm³/mol. The van der Waals surface area contributed by atoms with E-state index < -0.39 is 0 Å². The lowest BCUT2D eigenvalue weighted by Crippen LogP contribution is -2.42. The number of halogens is 3. The van der Waals surface area contributed by atoms with E-state index in [1.54, 1.807) is 18.2 Å². The van der Waals surface area contributed by atoms with Crippen LogP contribution in [0.15, 0.2) is 48.7 Å². The second-order valence-electron chi connectivity index (χ2n) is 6.50. The summed E-state index contributed by atoms with van der Waals surface area (Å²) in [5.41, 5.74) is 2.71. The zero-order valence-electron chi connectivity index (χ0n) is 14.4. The molecule has 0 bridgehead atoms. The van der Waals surface area contributed by atoms with Gasteiger partial charge in [0.2, 0.25) is 0 Å². The van der Waals surface area contributed by atoms with Gasteiger partial charge in [-0.3, -0.25) is 4.79 Å². The fraction of sp³-hybridized carbons (Fsp3) is 0.200. The van der Waals surface area contributed by atoms with Gasteiger partial charge in [0.1, 0.15) is 6.20 Å². The summed E-state index contributed by atoms with van der Waals surface area (Å²) in [6.45, 7) is 1.16. The first-order chi connectivity index (χ1) is 13.0. The minimum atomic E-state index is -0.0942. The Balaban J connectivity index is 1.60. The van der Waals surface area contributed by atoms with Crippen LogP contribution < -0.4 is 9.88 Å². The number of rotatable bonds is 4. The van der Waals surface area contributed by atoms with Crippen LogP contribution in [0.5, 0.6) is 0 Å². The van der Waals surface area contributed by atoms with E-state index in [-0.39, 0.29) is 12.5 Å². The van der Waals surface area contributed by atoms with E-state index in [2.05, 4.69) is 9.88 Å². The first-order valence-electron chi connectivity index (χ1n) is 8.64. The van der Waals surface area contributed by atoms with Crippen molar-refractivity contribution in [1.82, 2.24) is 4.57 Å². The Morgan fingerprint density at radius 1 is 1.11 bits per heavy atom. The number of imidazole rings is 1. The maximum absolute atomic E-state index is 12.5. The van der Waals surface area contributed by atoms with Crippen LogP contribution in [-0.2, 0) is 24.3 Å². The Bertz CT molecular complexity index is 1030. The van der Waals surface area contributed by atoms with Crippen molar-refractivity contribution in [2.75, 3.05) is 5.32 Å². The average molecular weight is 422 g/mol. The minimum absolute atomic E-state index is 0.0942. The van der Waals surface area contributed by atoms with Crippen LogP contribution in [0.4, 0.5) is 5.69 Å². The molecule has 0 radical (unpaired) electrons. The SMILES string of the molecule is O=C(C[n+]1cc(-c2ccc(Cl)c(Cl)c2)n2c1CCC2)Nc1cccc(Cl)c1. The molecule has 4 rings (SSSR count). The van der Waals surface area contributed by atoms with Crippen molar-refractivity contribution in [3.05, 3.63) is 69.6 Å². The average Bonchev–Trinajstić information content (AvgIpc) is 3.21.